The van der Waals surface area contributed by atoms with Gasteiger partial charge in [-0.05, 0) is 19.4 Å². The van der Waals surface area contributed by atoms with Crippen LogP contribution in [-0.4, -0.2) is 10.3 Å². The average Bonchev–Trinajstić information content (AvgIpc) is 2.47. The van der Waals surface area contributed by atoms with Crippen molar-refractivity contribution in [3.05, 3.63) is 21.7 Å². The minimum absolute atomic E-state index is 0.947. The van der Waals surface area contributed by atoms with E-state index < -0.39 is 0 Å². The van der Waals surface area contributed by atoms with Crippen LogP contribution < -0.4 is 0 Å². The van der Waals surface area contributed by atoms with Gasteiger partial charge < -0.3 is 0 Å². The van der Waals surface area contributed by atoms with E-state index in [9.17, 15) is 0 Å². The molecule has 0 aliphatic rings. The van der Waals surface area contributed by atoms with Gasteiger partial charge in [-0.2, -0.15) is 0 Å². The minimum atomic E-state index is 0.947. The molecule has 66 valence electrons. The molecular weight excluding hydrogens is 234 g/mol. The fourth-order valence-corrected chi connectivity index (χ4v) is 2.18. The van der Waals surface area contributed by atoms with Crippen molar-refractivity contribution < 1.29 is 0 Å². The molecule has 1 nitrogen and oxygen atoms in total. The molecule has 0 aliphatic heterocycles. The molecule has 0 spiro atoms. The minimum Gasteiger partial charge on any atom is -0.242 e. The first kappa shape index (κ1) is 9.93. The molecule has 0 saturated heterocycles. The van der Waals surface area contributed by atoms with Crippen molar-refractivity contribution >= 4 is 33.3 Å². The van der Waals surface area contributed by atoms with Gasteiger partial charge in [0.05, 0.1) is 0 Å². The molecule has 0 atom stereocenters. The smallest absolute Gasteiger partial charge is 0.116 e. The number of hydrogen-bond acceptors (Lipinski definition) is 2. The van der Waals surface area contributed by atoms with E-state index in [1.165, 1.54) is 5.57 Å². The Hall–Kier alpha value is -0.150. The maximum absolute atomic E-state index is 4.37. The van der Waals surface area contributed by atoms with E-state index in [-0.39, 0.29) is 0 Å². The van der Waals surface area contributed by atoms with Crippen LogP contribution in [0.15, 0.2) is 11.0 Å². The lowest BCUT2D eigenvalue weighted by atomic mass is 10.2. The van der Waals surface area contributed by atoms with Crippen LogP contribution in [-0.2, 0) is 0 Å². The normalized spacial score (nSPS) is 12.1. The van der Waals surface area contributed by atoms with Gasteiger partial charge in [-0.3, -0.25) is 0 Å². The van der Waals surface area contributed by atoms with E-state index >= 15 is 0 Å². The van der Waals surface area contributed by atoms with Crippen LogP contribution in [0.5, 0.6) is 0 Å². The molecule has 0 bridgehead atoms. The Morgan fingerprint density at radius 2 is 2.50 bits per heavy atom. The third kappa shape index (κ3) is 2.72. The Bertz CT molecular complexity index is 272. The first-order chi connectivity index (χ1) is 5.76. The first-order valence-electron chi connectivity index (χ1n) is 3.93. The van der Waals surface area contributed by atoms with Crippen LogP contribution in [0.25, 0.3) is 6.08 Å². The van der Waals surface area contributed by atoms with E-state index in [2.05, 4.69) is 39.3 Å². The molecule has 0 fully saturated rings. The number of aromatic nitrogens is 1. The quantitative estimate of drug-likeness (QED) is 0.742. The van der Waals surface area contributed by atoms with Crippen molar-refractivity contribution in [2.45, 2.75) is 20.3 Å². The van der Waals surface area contributed by atoms with Gasteiger partial charge in [-0.1, -0.05) is 28.4 Å². The van der Waals surface area contributed by atoms with Gasteiger partial charge in [0.25, 0.3) is 0 Å². The molecule has 1 aromatic heterocycles. The summed E-state index contributed by atoms with van der Waals surface area (Å²) in [6.45, 7) is 4.18. The molecule has 0 saturated carbocycles. The Balaban J connectivity index is 2.78. The number of allylic oxidation sites excluding steroid dienone is 1. The number of alkyl halides is 1. The summed E-state index contributed by atoms with van der Waals surface area (Å²) in [6.07, 6.45) is 3.25. The van der Waals surface area contributed by atoms with E-state index in [0.29, 0.717) is 0 Å². The highest BCUT2D eigenvalue weighted by Gasteiger charge is 1.96. The van der Waals surface area contributed by atoms with Crippen LogP contribution in [0.4, 0.5) is 0 Å². The number of aryl methyl sites for hydroxylation is 1. The van der Waals surface area contributed by atoms with Crippen LogP contribution in [0.2, 0.25) is 0 Å². The Morgan fingerprint density at radius 1 is 1.75 bits per heavy atom. The number of hydrogen-bond donors (Lipinski definition) is 0. The predicted molar refractivity (Wildman–Crippen MR) is 58.9 cm³/mol. The lowest BCUT2D eigenvalue weighted by molar-refractivity contribution is 1.12. The summed E-state index contributed by atoms with van der Waals surface area (Å²) < 4.78 is 0. The molecule has 0 N–H and O–H groups in total. The molecule has 0 aliphatic carbocycles. The summed E-state index contributed by atoms with van der Waals surface area (Å²) >= 11 is 5.15. The van der Waals surface area contributed by atoms with Gasteiger partial charge in [-0.15, -0.1) is 11.3 Å². The van der Waals surface area contributed by atoms with E-state index in [4.69, 9.17) is 0 Å². The summed E-state index contributed by atoms with van der Waals surface area (Å²) in [4.78, 5) is 4.37. The predicted octanol–water partition coefficient (Wildman–Crippen LogP) is 3.64. The number of rotatable bonds is 3. The lowest BCUT2D eigenvalue weighted by Gasteiger charge is -1.95. The van der Waals surface area contributed by atoms with Gasteiger partial charge in [-0.25, -0.2) is 4.98 Å². The van der Waals surface area contributed by atoms with E-state index in [1.807, 2.05) is 6.92 Å². The third-order valence-corrected chi connectivity index (χ3v) is 3.22. The molecule has 0 amide bonds. The van der Waals surface area contributed by atoms with Crippen LogP contribution in [0, 0.1) is 6.92 Å². The van der Waals surface area contributed by atoms with Crippen molar-refractivity contribution in [2.75, 3.05) is 5.33 Å². The maximum Gasteiger partial charge on any atom is 0.116 e. The van der Waals surface area contributed by atoms with Crippen molar-refractivity contribution in [2.24, 2.45) is 0 Å². The zero-order chi connectivity index (χ0) is 8.97. The standard InChI is InChI=1S/C9H12BrNS/c1-3-8(5-10)4-9-11-7(2)6-12-9/h4,6H,3,5H2,1-2H3. The monoisotopic (exact) mass is 245 g/mol. The van der Waals surface area contributed by atoms with Gasteiger partial charge in [0.1, 0.15) is 5.01 Å². The Labute approximate surface area is 85.7 Å². The topological polar surface area (TPSA) is 12.9 Å². The Morgan fingerprint density at radius 3 is 2.92 bits per heavy atom. The maximum atomic E-state index is 4.37. The third-order valence-electron chi connectivity index (χ3n) is 1.59. The van der Waals surface area contributed by atoms with Gasteiger partial charge in [0.15, 0.2) is 0 Å². The zero-order valence-electron chi connectivity index (χ0n) is 7.30. The summed E-state index contributed by atoms with van der Waals surface area (Å²) in [5, 5.41) is 4.14. The van der Waals surface area contributed by atoms with Crippen molar-refractivity contribution in [1.29, 1.82) is 0 Å². The van der Waals surface area contributed by atoms with Crippen LogP contribution in [0.3, 0.4) is 0 Å². The van der Waals surface area contributed by atoms with Crippen molar-refractivity contribution in [3.8, 4) is 0 Å². The largest absolute Gasteiger partial charge is 0.242 e. The number of thiazole rings is 1. The molecule has 0 aromatic carbocycles. The molecule has 1 rings (SSSR count). The van der Waals surface area contributed by atoms with Gasteiger partial charge in [0.2, 0.25) is 0 Å². The number of halogens is 1. The molecule has 3 heteroatoms. The van der Waals surface area contributed by atoms with Crippen molar-refractivity contribution in [3.63, 3.8) is 0 Å². The van der Waals surface area contributed by atoms with E-state index in [0.717, 1.165) is 22.5 Å². The lowest BCUT2D eigenvalue weighted by Crippen LogP contribution is -1.81. The molecule has 12 heavy (non-hydrogen) atoms. The zero-order valence-corrected chi connectivity index (χ0v) is 9.70. The van der Waals surface area contributed by atoms with E-state index in [1.54, 1.807) is 11.3 Å². The fraction of sp³-hybridized carbons (Fsp3) is 0.444. The second kappa shape index (κ2) is 4.77. The number of nitrogens with zero attached hydrogens (tertiary/aromatic N) is 1. The fourth-order valence-electron chi connectivity index (χ4n) is 0.848. The molecule has 0 radical (unpaired) electrons. The summed E-state index contributed by atoms with van der Waals surface area (Å²) in [5.41, 5.74) is 2.50. The second-order valence-electron chi connectivity index (χ2n) is 2.62. The first-order valence-corrected chi connectivity index (χ1v) is 5.94. The SMILES string of the molecule is CCC(=Cc1nc(C)cs1)CBr. The summed E-state index contributed by atoms with van der Waals surface area (Å²) in [7, 11) is 0. The highest BCUT2D eigenvalue weighted by Crippen LogP contribution is 2.15. The van der Waals surface area contributed by atoms with Crippen LogP contribution >= 0.6 is 27.3 Å². The highest BCUT2D eigenvalue weighted by molar-refractivity contribution is 9.09. The average molecular weight is 246 g/mol. The second-order valence-corrected chi connectivity index (χ2v) is 4.07. The highest BCUT2D eigenvalue weighted by atomic mass is 79.9. The molecular formula is C9H12BrNS. The molecule has 1 aromatic rings. The molecule has 1 heterocycles. The van der Waals surface area contributed by atoms with Gasteiger partial charge in [0, 0.05) is 16.4 Å². The summed E-state index contributed by atoms with van der Waals surface area (Å²) in [5.74, 6) is 0. The Kier molecular flexibility index (Phi) is 3.95. The molecule has 0 unspecified atom stereocenters. The van der Waals surface area contributed by atoms with Crippen molar-refractivity contribution in [1.82, 2.24) is 4.98 Å². The summed E-state index contributed by atoms with van der Waals surface area (Å²) in [6, 6.07) is 0. The van der Waals surface area contributed by atoms with Gasteiger partial charge >= 0.3 is 0 Å². The van der Waals surface area contributed by atoms with Crippen LogP contribution in [0.1, 0.15) is 24.0 Å².